The molecule has 1 aromatic rings. The predicted molar refractivity (Wildman–Crippen MR) is 91.2 cm³/mol. The largest absolute Gasteiger partial charge is 0.490 e. The standard InChI is InChI=1S/C16H24BN3O4/c1-15(2,3)24-14(21)20-7-6-19(11-16(20)4-5-16)13-8-12(17(22)23)9-18-10-13/h8-10,22-23H,4-7,11H2,1-3H3. The number of hydrogen-bond acceptors (Lipinski definition) is 6. The minimum Gasteiger partial charge on any atom is -0.444 e. The number of piperazine rings is 1. The Balaban J connectivity index is 1.73. The van der Waals surface area contributed by atoms with Crippen LogP contribution in [0.2, 0.25) is 0 Å². The molecule has 3 rings (SSSR count). The Kier molecular flexibility index (Phi) is 4.21. The van der Waals surface area contributed by atoms with Gasteiger partial charge in [-0.1, -0.05) is 0 Å². The summed E-state index contributed by atoms with van der Waals surface area (Å²) in [6, 6.07) is 1.73. The Morgan fingerprint density at radius 3 is 2.58 bits per heavy atom. The number of nitrogens with zero attached hydrogens (tertiary/aromatic N) is 3. The summed E-state index contributed by atoms with van der Waals surface area (Å²) >= 11 is 0. The van der Waals surface area contributed by atoms with Crippen molar-refractivity contribution in [1.82, 2.24) is 9.88 Å². The van der Waals surface area contributed by atoms with E-state index in [4.69, 9.17) is 4.74 Å². The molecule has 1 saturated heterocycles. The van der Waals surface area contributed by atoms with Crippen LogP contribution in [0.3, 0.4) is 0 Å². The molecule has 1 aliphatic carbocycles. The molecule has 1 saturated carbocycles. The monoisotopic (exact) mass is 333 g/mol. The van der Waals surface area contributed by atoms with E-state index >= 15 is 0 Å². The number of amides is 1. The van der Waals surface area contributed by atoms with E-state index in [9.17, 15) is 14.8 Å². The molecule has 2 fully saturated rings. The number of anilines is 1. The lowest BCUT2D eigenvalue weighted by Crippen LogP contribution is -2.58. The van der Waals surface area contributed by atoms with Crippen molar-refractivity contribution in [2.75, 3.05) is 24.5 Å². The van der Waals surface area contributed by atoms with Gasteiger partial charge in [0.25, 0.3) is 0 Å². The third-order valence-corrected chi connectivity index (χ3v) is 4.50. The summed E-state index contributed by atoms with van der Waals surface area (Å²) in [4.78, 5) is 20.5. The Labute approximate surface area is 142 Å². The van der Waals surface area contributed by atoms with Gasteiger partial charge < -0.3 is 19.7 Å². The van der Waals surface area contributed by atoms with Gasteiger partial charge in [0.2, 0.25) is 0 Å². The van der Waals surface area contributed by atoms with Crippen molar-refractivity contribution in [3.63, 3.8) is 0 Å². The summed E-state index contributed by atoms with van der Waals surface area (Å²) in [5.41, 5.74) is 0.538. The number of carbonyl (C=O) groups is 1. The van der Waals surface area contributed by atoms with Gasteiger partial charge in [0.15, 0.2) is 0 Å². The van der Waals surface area contributed by atoms with E-state index in [-0.39, 0.29) is 11.6 Å². The summed E-state index contributed by atoms with van der Waals surface area (Å²) in [5.74, 6) is 0. The van der Waals surface area contributed by atoms with Crippen molar-refractivity contribution in [3.8, 4) is 0 Å². The molecule has 8 heteroatoms. The molecule has 0 bridgehead atoms. The van der Waals surface area contributed by atoms with Crippen LogP contribution in [-0.2, 0) is 4.74 Å². The van der Waals surface area contributed by atoms with Crippen LogP contribution in [-0.4, -0.2) is 63.9 Å². The average Bonchev–Trinajstić information content (AvgIpc) is 3.25. The molecule has 130 valence electrons. The van der Waals surface area contributed by atoms with Crippen LogP contribution in [0.1, 0.15) is 33.6 Å². The highest BCUT2D eigenvalue weighted by atomic mass is 16.6. The van der Waals surface area contributed by atoms with Crippen LogP contribution in [0.4, 0.5) is 10.5 Å². The third kappa shape index (κ3) is 3.49. The lowest BCUT2D eigenvalue weighted by molar-refractivity contribution is 0.0106. The molecule has 0 atom stereocenters. The van der Waals surface area contributed by atoms with Crippen LogP contribution < -0.4 is 10.4 Å². The second kappa shape index (κ2) is 5.93. The molecular formula is C16H24BN3O4. The molecule has 1 amide bonds. The average molecular weight is 333 g/mol. The fraction of sp³-hybridized carbons (Fsp3) is 0.625. The number of rotatable bonds is 2. The van der Waals surface area contributed by atoms with Gasteiger partial charge in [0.1, 0.15) is 5.60 Å². The molecule has 0 aromatic carbocycles. The van der Waals surface area contributed by atoms with E-state index in [0.717, 1.165) is 18.5 Å². The summed E-state index contributed by atoms with van der Waals surface area (Å²) in [6.07, 6.45) is 4.82. The number of carbonyl (C=O) groups excluding carboxylic acids is 1. The first-order valence-electron chi connectivity index (χ1n) is 8.27. The van der Waals surface area contributed by atoms with Crippen LogP contribution in [0.25, 0.3) is 0 Å². The van der Waals surface area contributed by atoms with E-state index in [1.165, 1.54) is 6.20 Å². The van der Waals surface area contributed by atoms with Gasteiger partial charge in [-0.3, -0.25) is 9.88 Å². The maximum Gasteiger partial charge on any atom is 0.490 e. The third-order valence-electron chi connectivity index (χ3n) is 4.50. The molecule has 1 aromatic heterocycles. The van der Waals surface area contributed by atoms with Crippen LogP contribution in [0, 0.1) is 0 Å². The zero-order valence-electron chi connectivity index (χ0n) is 14.4. The van der Waals surface area contributed by atoms with Crippen molar-refractivity contribution < 1.29 is 19.6 Å². The first-order valence-corrected chi connectivity index (χ1v) is 8.27. The predicted octanol–water partition coefficient (Wildman–Crippen LogP) is 0.351. The number of aromatic nitrogens is 1. The second-order valence-corrected chi connectivity index (χ2v) is 7.63. The maximum absolute atomic E-state index is 12.5. The Morgan fingerprint density at radius 1 is 1.29 bits per heavy atom. The van der Waals surface area contributed by atoms with Gasteiger partial charge in [0, 0.05) is 31.3 Å². The van der Waals surface area contributed by atoms with E-state index in [1.807, 2.05) is 25.7 Å². The van der Waals surface area contributed by atoms with Gasteiger partial charge in [-0.05, 0) is 39.7 Å². The summed E-state index contributed by atoms with van der Waals surface area (Å²) in [5, 5.41) is 18.6. The van der Waals surface area contributed by atoms with Gasteiger partial charge in [-0.2, -0.15) is 0 Å². The van der Waals surface area contributed by atoms with E-state index in [0.29, 0.717) is 25.1 Å². The second-order valence-electron chi connectivity index (χ2n) is 7.63. The van der Waals surface area contributed by atoms with Crippen molar-refractivity contribution in [2.24, 2.45) is 0 Å². The Bertz CT molecular complexity index is 628. The van der Waals surface area contributed by atoms with Crippen molar-refractivity contribution in [2.45, 2.75) is 44.8 Å². The Hall–Kier alpha value is -1.80. The fourth-order valence-corrected chi connectivity index (χ4v) is 3.13. The van der Waals surface area contributed by atoms with Gasteiger partial charge in [-0.15, -0.1) is 0 Å². The summed E-state index contributed by atoms with van der Waals surface area (Å²) in [6.45, 7) is 7.57. The van der Waals surface area contributed by atoms with E-state index in [1.54, 1.807) is 12.3 Å². The topological polar surface area (TPSA) is 86.1 Å². The van der Waals surface area contributed by atoms with Crippen LogP contribution >= 0.6 is 0 Å². The SMILES string of the molecule is CC(C)(C)OC(=O)N1CCN(c2cncc(B(O)O)c2)CC12CC2. The Morgan fingerprint density at radius 2 is 2.00 bits per heavy atom. The highest BCUT2D eigenvalue weighted by Crippen LogP contribution is 2.45. The van der Waals surface area contributed by atoms with Crippen LogP contribution in [0.5, 0.6) is 0 Å². The number of ether oxygens (including phenoxy) is 1. The summed E-state index contributed by atoms with van der Waals surface area (Å²) < 4.78 is 5.53. The zero-order chi connectivity index (χ0) is 17.5. The molecule has 1 aliphatic heterocycles. The van der Waals surface area contributed by atoms with Gasteiger partial charge >= 0.3 is 13.2 Å². The minimum atomic E-state index is -1.53. The lowest BCUT2D eigenvalue weighted by Gasteiger charge is -2.43. The van der Waals surface area contributed by atoms with Crippen molar-refractivity contribution in [3.05, 3.63) is 18.5 Å². The van der Waals surface area contributed by atoms with Crippen molar-refractivity contribution >= 4 is 24.4 Å². The highest BCUT2D eigenvalue weighted by Gasteiger charge is 2.54. The minimum absolute atomic E-state index is 0.172. The molecule has 7 nitrogen and oxygen atoms in total. The molecule has 2 heterocycles. The zero-order valence-corrected chi connectivity index (χ0v) is 14.4. The molecule has 24 heavy (non-hydrogen) atoms. The molecule has 0 unspecified atom stereocenters. The van der Waals surface area contributed by atoms with Gasteiger partial charge in [-0.25, -0.2) is 4.79 Å². The highest BCUT2D eigenvalue weighted by molar-refractivity contribution is 6.58. The first kappa shape index (κ1) is 17.0. The number of pyridine rings is 1. The molecule has 2 aliphatic rings. The fourth-order valence-electron chi connectivity index (χ4n) is 3.13. The van der Waals surface area contributed by atoms with Gasteiger partial charge in [0.05, 0.1) is 17.4 Å². The van der Waals surface area contributed by atoms with E-state index in [2.05, 4.69) is 9.88 Å². The molecule has 2 N–H and O–H groups in total. The van der Waals surface area contributed by atoms with Crippen molar-refractivity contribution in [1.29, 1.82) is 0 Å². The molecular weight excluding hydrogens is 309 g/mol. The molecule has 1 spiro atoms. The van der Waals surface area contributed by atoms with Crippen LogP contribution in [0.15, 0.2) is 18.5 Å². The quantitative estimate of drug-likeness (QED) is 0.760. The smallest absolute Gasteiger partial charge is 0.444 e. The lowest BCUT2D eigenvalue weighted by atomic mass is 9.81. The van der Waals surface area contributed by atoms with E-state index < -0.39 is 12.7 Å². The summed E-state index contributed by atoms with van der Waals surface area (Å²) in [7, 11) is -1.53. The normalized spacial score (nSPS) is 19.4. The number of hydrogen-bond donors (Lipinski definition) is 2. The first-order chi connectivity index (χ1) is 11.2. The molecule has 0 radical (unpaired) electrons. The maximum atomic E-state index is 12.5.